The minimum Gasteiger partial charge on any atom is -0.395 e. The predicted molar refractivity (Wildman–Crippen MR) is 60.4 cm³/mol. The van der Waals surface area contributed by atoms with Gasteiger partial charge in [-0.15, -0.1) is 0 Å². The van der Waals surface area contributed by atoms with Crippen LogP contribution in [0.4, 0.5) is 0 Å². The van der Waals surface area contributed by atoms with Crippen molar-refractivity contribution in [3.05, 3.63) is 35.4 Å². The molecule has 1 aliphatic carbocycles. The first-order valence-corrected chi connectivity index (χ1v) is 5.77. The molecule has 2 atom stereocenters. The van der Waals surface area contributed by atoms with E-state index in [4.69, 9.17) is 5.11 Å². The molecule has 0 unspecified atom stereocenters. The Kier molecular flexibility index (Phi) is 2.26. The Bertz CT molecular complexity index is 497. The van der Waals surface area contributed by atoms with E-state index in [0.29, 0.717) is 6.54 Å². The van der Waals surface area contributed by atoms with E-state index in [-0.39, 0.29) is 36.7 Å². The second-order valence-corrected chi connectivity index (χ2v) is 4.52. The van der Waals surface area contributed by atoms with E-state index < -0.39 is 0 Å². The van der Waals surface area contributed by atoms with Crippen molar-refractivity contribution in [3.63, 3.8) is 0 Å². The number of hydrogen-bond acceptors (Lipinski definition) is 3. The van der Waals surface area contributed by atoms with Gasteiger partial charge in [0.15, 0.2) is 5.78 Å². The number of aliphatic hydroxyl groups is 1. The molecule has 1 fully saturated rings. The standard InChI is InChI=1S/C13H13NO3/c15-6-5-14-11(16)7-10-12(14)8-3-1-2-4-9(8)13(10)17/h1-4,10,12,15H,5-7H2/t10-,12+/m0/s1. The van der Waals surface area contributed by atoms with Crippen LogP contribution < -0.4 is 0 Å². The van der Waals surface area contributed by atoms with Crippen LogP contribution in [0.5, 0.6) is 0 Å². The van der Waals surface area contributed by atoms with Crippen LogP contribution in [0.15, 0.2) is 24.3 Å². The zero-order valence-electron chi connectivity index (χ0n) is 9.30. The van der Waals surface area contributed by atoms with Gasteiger partial charge in [-0.2, -0.15) is 0 Å². The highest BCUT2D eigenvalue weighted by Crippen LogP contribution is 2.46. The van der Waals surface area contributed by atoms with Gasteiger partial charge in [0.2, 0.25) is 5.91 Å². The van der Waals surface area contributed by atoms with Crippen molar-refractivity contribution in [3.8, 4) is 0 Å². The Morgan fingerprint density at radius 3 is 2.82 bits per heavy atom. The molecule has 0 aromatic heterocycles. The summed E-state index contributed by atoms with van der Waals surface area (Å²) in [6, 6.07) is 7.29. The van der Waals surface area contributed by atoms with Crippen LogP contribution in [-0.2, 0) is 4.79 Å². The van der Waals surface area contributed by atoms with Crippen molar-refractivity contribution in [1.29, 1.82) is 0 Å². The Labute approximate surface area is 98.9 Å². The highest BCUT2D eigenvalue weighted by Gasteiger charge is 2.49. The topological polar surface area (TPSA) is 57.6 Å². The average Bonchev–Trinajstić information content (AvgIpc) is 2.79. The van der Waals surface area contributed by atoms with E-state index in [0.717, 1.165) is 11.1 Å². The number of amides is 1. The maximum atomic E-state index is 12.1. The lowest BCUT2D eigenvalue weighted by molar-refractivity contribution is -0.129. The Balaban J connectivity index is 2.06. The van der Waals surface area contributed by atoms with Crippen LogP contribution in [0.25, 0.3) is 0 Å². The third kappa shape index (κ3) is 1.34. The van der Waals surface area contributed by atoms with Gasteiger partial charge in [0.1, 0.15) is 0 Å². The van der Waals surface area contributed by atoms with Crippen molar-refractivity contribution in [1.82, 2.24) is 4.90 Å². The highest BCUT2D eigenvalue weighted by molar-refractivity contribution is 6.06. The highest BCUT2D eigenvalue weighted by atomic mass is 16.3. The van der Waals surface area contributed by atoms with E-state index in [9.17, 15) is 9.59 Å². The summed E-state index contributed by atoms with van der Waals surface area (Å²) in [5.74, 6) is -0.206. The monoisotopic (exact) mass is 231 g/mol. The zero-order valence-corrected chi connectivity index (χ0v) is 9.30. The quantitative estimate of drug-likeness (QED) is 0.817. The SMILES string of the molecule is O=C1c2ccccc2[C@@H]2[C@@H]1CC(=O)N2CCO. The molecule has 2 aliphatic rings. The summed E-state index contributed by atoms with van der Waals surface area (Å²) in [7, 11) is 0. The smallest absolute Gasteiger partial charge is 0.224 e. The number of nitrogens with zero attached hydrogens (tertiary/aromatic N) is 1. The van der Waals surface area contributed by atoms with Crippen LogP contribution in [-0.4, -0.2) is 34.8 Å². The molecule has 1 aliphatic heterocycles. The van der Waals surface area contributed by atoms with Crippen LogP contribution in [0.2, 0.25) is 0 Å². The molecule has 0 radical (unpaired) electrons. The van der Waals surface area contributed by atoms with Gasteiger partial charge >= 0.3 is 0 Å². The number of aliphatic hydroxyl groups excluding tert-OH is 1. The molecule has 1 N–H and O–H groups in total. The molecule has 1 saturated heterocycles. The summed E-state index contributed by atoms with van der Waals surface area (Å²) >= 11 is 0. The number of carbonyl (C=O) groups is 2. The minimum atomic E-state index is -0.244. The van der Waals surface area contributed by atoms with Gasteiger partial charge in [-0.25, -0.2) is 0 Å². The molecule has 1 amide bonds. The summed E-state index contributed by atoms with van der Waals surface area (Å²) in [5.41, 5.74) is 1.67. The molecule has 3 rings (SSSR count). The second kappa shape index (κ2) is 3.67. The number of ketones is 1. The van der Waals surface area contributed by atoms with E-state index in [1.54, 1.807) is 4.90 Å². The van der Waals surface area contributed by atoms with Gasteiger partial charge in [-0.1, -0.05) is 24.3 Å². The zero-order chi connectivity index (χ0) is 12.0. The maximum absolute atomic E-state index is 12.1. The van der Waals surface area contributed by atoms with Crippen molar-refractivity contribution in [2.75, 3.05) is 13.2 Å². The number of hydrogen-bond donors (Lipinski definition) is 1. The number of fused-ring (bicyclic) bond motifs is 3. The number of β-amino-alcohol motifs (C(OH)–C–C–N with tert-alkyl or cyclic N) is 1. The van der Waals surface area contributed by atoms with Gasteiger partial charge in [0, 0.05) is 18.5 Å². The normalized spacial score (nSPS) is 26.3. The average molecular weight is 231 g/mol. The number of Topliss-reactive ketones (excluding diaryl/α,β-unsaturated/α-hetero) is 1. The Hall–Kier alpha value is -1.68. The molecule has 0 bridgehead atoms. The number of carbonyl (C=O) groups excluding carboxylic acids is 2. The van der Waals surface area contributed by atoms with E-state index in [2.05, 4.69) is 0 Å². The molecule has 17 heavy (non-hydrogen) atoms. The van der Waals surface area contributed by atoms with Crippen molar-refractivity contribution < 1.29 is 14.7 Å². The van der Waals surface area contributed by atoms with Gasteiger partial charge in [0.25, 0.3) is 0 Å². The molecule has 1 heterocycles. The fourth-order valence-electron chi connectivity index (χ4n) is 2.96. The van der Waals surface area contributed by atoms with Crippen LogP contribution in [0.3, 0.4) is 0 Å². The third-order valence-corrected chi connectivity index (χ3v) is 3.65. The summed E-state index contributed by atoms with van der Waals surface area (Å²) in [6.45, 7) is 0.243. The third-order valence-electron chi connectivity index (χ3n) is 3.65. The van der Waals surface area contributed by atoms with E-state index in [1.807, 2.05) is 24.3 Å². The first kappa shape index (κ1) is 10.5. The van der Waals surface area contributed by atoms with E-state index in [1.165, 1.54) is 0 Å². The lowest BCUT2D eigenvalue weighted by Gasteiger charge is -2.23. The van der Waals surface area contributed by atoms with E-state index >= 15 is 0 Å². The molecular weight excluding hydrogens is 218 g/mol. The summed E-state index contributed by atoms with van der Waals surface area (Å²) in [4.78, 5) is 25.6. The summed E-state index contributed by atoms with van der Waals surface area (Å²) in [6.07, 6.45) is 0.276. The van der Waals surface area contributed by atoms with Gasteiger partial charge in [-0.05, 0) is 5.56 Å². The number of rotatable bonds is 2. The Morgan fingerprint density at radius 2 is 2.06 bits per heavy atom. The fraction of sp³-hybridized carbons (Fsp3) is 0.385. The molecule has 4 heteroatoms. The molecule has 1 aromatic carbocycles. The van der Waals surface area contributed by atoms with Crippen molar-refractivity contribution in [2.24, 2.45) is 5.92 Å². The number of likely N-dealkylation sites (tertiary alicyclic amines) is 1. The first-order valence-electron chi connectivity index (χ1n) is 5.77. The Morgan fingerprint density at radius 1 is 1.29 bits per heavy atom. The summed E-state index contributed by atoms with van der Waals surface area (Å²) in [5, 5.41) is 9.00. The second-order valence-electron chi connectivity index (χ2n) is 4.52. The molecule has 4 nitrogen and oxygen atoms in total. The molecule has 0 saturated carbocycles. The van der Waals surface area contributed by atoms with Gasteiger partial charge in [0.05, 0.1) is 18.6 Å². The fourth-order valence-corrected chi connectivity index (χ4v) is 2.96. The first-order chi connectivity index (χ1) is 8.24. The van der Waals surface area contributed by atoms with Crippen molar-refractivity contribution in [2.45, 2.75) is 12.5 Å². The van der Waals surface area contributed by atoms with Crippen LogP contribution in [0, 0.1) is 5.92 Å². The predicted octanol–water partition coefficient (Wildman–Crippen LogP) is 0.765. The molecular formula is C13H13NO3. The van der Waals surface area contributed by atoms with Crippen molar-refractivity contribution >= 4 is 11.7 Å². The molecule has 0 spiro atoms. The maximum Gasteiger partial charge on any atom is 0.224 e. The molecule has 1 aromatic rings. The van der Waals surface area contributed by atoms with Gasteiger partial charge < -0.3 is 10.0 Å². The van der Waals surface area contributed by atoms with Crippen LogP contribution in [0.1, 0.15) is 28.4 Å². The van der Waals surface area contributed by atoms with Gasteiger partial charge in [-0.3, -0.25) is 9.59 Å². The lowest BCUT2D eigenvalue weighted by Crippen LogP contribution is -2.30. The van der Waals surface area contributed by atoms with Crippen LogP contribution >= 0.6 is 0 Å². The largest absolute Gasteiger partial charge is 0.395 e. The number of benzene rings is 1. The lowest BCUT2D eigenvalue weighted by atomic mass is 10.0. The minimum absolute atomic E-state index is 0.0306. The molecule has 88 valence electrons. The summed E-state index contributed by atoms with van der Waals surface area (Å²) < 4.78 is 0.